The monoisotopic (exact) mass is 472 g/mol. The number of anilines is 1. The Bertz CT molecular complexity index is 1140. The predicted octanol–water partition coefficient (Wildman–Crippen LogP) is 3.62. The second kappa shape index (κ2) is 9.72. The molecule has 0 N–H and O–H groups in total. The van der Waals surface area contributed by atoms with Crippen molar-refractivity contribution in [1.29, 1.82) is 0 Å². The van der Waals surface area contributed by atoms with E-state index in [4.69, 9.17) is 21.9 Å². The number of aryl methyl sites for hydroxylation is 1. The molecule has 4 rings (SSSR count). The number of carbonyl (C=O) groups excluding carboxylic acids is 1. The molecule has 2 saturated heterocycles. The fourth-order valence-electron chi connectivity index (χ4n) is 4.13. The van der Waals surface area contributed by atoms with Gasteiger partial charge in [-0.15, -0.1) is 0 Å². The van der Waals surface area contributed by atoms with E-state index in [9.17, 15) is 9.59 Å². The first-order valence-electron chi connectivity index (χ1n) is 11.1. The first-order chi connectivity index (χ1) is 15.4. The van der Waals surface area contributed by atoms with E-state index in [0.717, 1.165) is 38.0 Å². The lowest BCUT2D eigenvalue weighted by Gasteiger charge is -2.23. The Kier molecular flexibility index (Phi) is 6.97. The lowest BCUT2D eigenvalue weighted by Crippen LogP contribution is -2.35. The lowest BCUT2D eigenvalue weighted by atomic mass is 10.2. The van der Waals surface area contributed by atoms with Crippen LogP contribution in [0.2, 0.25) is 0 Å². The van der Waals surface area contributed by atoms with Gasteiger partial charge in [-0.3, -0.25) is 18.9 Å². The molecule has 0 spiro atoms. The largest absolute Gasteiger partial charge is 0.376 e. The molecule has 2 aromatic rings. The van der Waals surface area contributed by atoms with Crippen LogP contribution in [0, 0.1) is 6.92 Å². The minimum absolute atomic E-state index is 0.0171. The summed E-state index contributed by atoms with van der Waals surface area (Å²) in [4.78, 5) is 35.7. The molecule has 2 aromatic heterocycles. The van der Waals surface area contributed by atoms with E-state index in [1.807, 2.05) is 26.0 Å². The SMILES string of the molecule is CCCN(CC)c1nc2c(C)cccn2c(=O)c1C=C1SC(=S)N(CC2CCCO2)C1=O. The van der Waals surface area contributed by atoms with E-state index in [1.54, 1.807) is 21.6 Å². The Morgan fingerprint density at radius 2 is 2.19 bits per heavy atom. The number of fused-ring (bicyclic) bond motifs is 1. The maximum Gasteiger partial charge on any atom is 0.267 e. The average Bonchev–Trinajstić information content (AvgIpc) is 3.38. The van der Waals surface area contributed by atoms with E-state index in [0.29, 0.717) is 39.3 Å². The van der Waals surface area contributed by atoms with Gasteiger partial charge < -0.3 is 9.64 Å². The number of thiocarbonyl (C=S) groups is 1. The van der Waals surface area contributed by atoms with Gasteiger partial charge in [0.15, 0.2) is 0 Å². The molecule has 0 radical (unpaired) electrons. The van der Waals surface area contributed by atoms with Crippen molar-refractivity contribution in [1.82, 2.24) is 14.3 Å². The number of thioether (sulfide) groups is 1. The molecule has 7 nitrogen and oxygen atoms in total. The third-order valence-corrected chi connectivity index (χ3v) is 7.18. The number of hydrogen-bond acceptors (Lipinski definition) is 7. The zero-order chi connectivity index (χ0) is 22.8. The second-order valence-corrected chi connectivity index (χ2v) is 9.72. The number of pyridine rings is 1. The van der Waals surface area contributed by atoms with Crippen molar-refractivity contribution >= 4 is 51.7 Å². The summed E-state index contributed by atoms with van der Waals surface area (Å²) in [7, 11) is 0. The normalized spacial score (nSPS) is 20.2. The quantitative estimate of drug-likeness (QED) is 0.450. The van der Waals surface area contributed by atoms with Crippen molar-refractivity contribution in [2.75, 3.05) is 31.1 Å². The number of ether oxygens (including phenoxy) is 1. The van der Waals surface area contributed by atoms with E-state index >= 15 is 0 Å². The smallest absolute Gasteiger partial charge is 0.267 e. The zero-order valence-corrected chi connectivity index (χ0v) is 20.3. The van der Waals surface area contributed by atoms with Crippen molar-refractivity contribution in [3.05, 3.63) is 44.7 Å². The molecular formula is C23H28N4O3S2. The first-order valence-corrected chi connectivity index (χ1v) is 12.3. The highest BCUT2D eigenvalue weighted by molar-refractivity contribution is 8.26. The Morgan fingerprint density at radius 3 is 2.88 bits per heavy atom. The average molecular weight is 473 g/mol. The summed E-state index contributed by atoms with van der Waals surface area (Å²) < 4.78 is 7.74. The van der Waals surface area contributed by atoms with Crippen LogP contribution in [0.15, 0.2) is 28.0 Å². The standard InChI is InChI=1S/C23H28N4O3S2/c1-4-10-25(5-2)20-17(21(28)26-11-6-8-15(3)19(26)24-20)13-18-22(29)27(23(31)32-18)14-16-9-7-12-30-16/h6,8,11,13,16H,4-5,7,9-10,12,14H2,1-3H3. The number of amides is 1. The minimum atomic E-state index is -0.187. The molecule has 2 fully saturated rings. The van der Waals surface area contributed by atoms with Gasteiger partial charge in [-0.25, -0.2) is 4.98 Å². The summed E-state index contributed by atoms with van der Waals surface area (Å²) in [5.41, 5.74) is 1.78. The molecule has 1 amide bonds. The Hall–Kier alpha value is -2.23. The summed E-state index contributed by atoms with van der Waals surface area (Å²) >= 11 is 6.72. The highest BCUT2D eigenvalue weighted by Crippen LogP contribution is 2.34. The van der Waals surface area contributed by atoms with Crippen LogP contribution < -0.4 is 10.5 Å². The van der Waals surface area contributed by atoms with Crippen molar-refractivity contribution in [2.45, 2.75) is 46.1 Å². The molecule has 2 aliphatic heterocycles. The number of aromatic nitrogens is 2. The summed E-state index contributed by atoms with van der Waals surface area (Å²) in [6.07, 6.45) is 6.26. The Morgan fingerprint density at radius 1 is 1.38 bits per heavy atom. The number of rotatable bonds is 7. The van der Waals surface area contributed by atoms with Crippen molar-refractivity contribution in [2.24, 2.45) is 0 Å². The van der Waals surface area contributed by atoms with Crippen LogP contribution in [0.1, 0.15) is 44.2 Å². The van der Waals surface area contributed by atoms with Gasteiger partial charge in [0.05, 0.1) is 23.1 Å². The molecule has 1 atom stereocenters. The predicted molar refractivity (Wildman–Crippen MR) is 133 cm³/mol. The highest BCUT2D eigenvalue weighted by atomic mass is 32.2. The summed E-state index contributed by atoms with van der Waals surface area (Å²) in [5, 5.41) is 0. The number of hydrogen-bond donors (Lipinski definition) is 0. The van der Waals surface area contributed by atoms with Gasteiger partial charge in [0.25, 0.3) is 11.5 Å². The topological polar surface area (TPSA) is 67.2 Å². The van der Waals surface area contributed by atoms with Gasteiger partial charge in [-0.05, 0) is 50.8 Å². The third kappa shape index (κ3) is 4.33. The van der Waals surface area contributed by atoms with Crippen LogP contribution in [-0.2, 0) is 9.53 Å². The molecule has 1 unspecified atom stereocenters. The maximum atomic E-state index is 13.5. The molecule has 0 bridgehead atoms. The van der Waals surface area contributed by atoms with Crippen molar-refractivity contribution in [3.8, 4) is 0 Å². The Balaban J connectivity index is 1.79. The maximum absolute atomic E-state index is 13.5. The van der Waals surface area contributed by atoms with Crippen LogP contribution in [-0.4, -0.2) is 56.9 Å². The molecule has 2 aliphatic rings. The highest BCUT2D eigenvalue weighted by Gasteiger charge is 2.35. The molecule has 4 heterocycles. The minimum Gasteiger partial charge on any atom is -0.376 e. The molecule has 32 heavy (non-hydrogen) atoms. The Labute approximate surface area is 197 Å². The first kappa shape index (κ1) is 22.9. The summed E-state index contributed by atoms with van der Waals surface area (Å²) in [6, 6.07) is 3.77. The van der Waals surface area contributed by atoms with E-state index in [-0.39, 0.29) is 17.6 Å². The third-order valence-electron chi connectivity index (χ3n) is 5.80. The molecule has 0 aliphatic carbocycles. The van der Waals surface area contributed by atoms with Crippen LogP contribution in [0.3, 0.4) is 0 Å². The lowest BCUT2D eigenvalue weighted by molar-refractivity contribution is -0.123. The fourth-order valence-corrected chi connectivity index (χ4v) is 5.39. The summed E-state index contributed by atoms with van der Waals surface area (Å²) in [6.45, 7) is 8.74. The fraction of sp³-hybridized carbons (Fsp3) is 0.478. The molecule has 9 heteroatoms. The molecule has 0 saturated carbocycles. The molecular weight excluding hydrogens is 444 g/mol. The van der Waals surface area contributed by atoms with Gasteiger partial charge in [0, 0.05) is 25.9 Å². The number of carbonyl (C=O) groups is 1. The zero-order valence-electron chi connectivity index (χ0n) is 18.7. The van der Waals surface area contributed by atoms with Gasteiger partial charge in [-0.2, -0.15) is 0 Å². The van der Waals surface area contributed by atoms with Crippen LogP contribution in [0.4, 0.5) is 5.82 Å². The van der Waals surface area contributed by atoms with Gasteiger partial charge in [0.1, 0.15) is 15.8 Å². The molecule has 0 aromatic carbocycles. The van der Waals surface area contributed by atoms with Crippen molar-refractivity contribution < 1.29 is 9.53 Å². The molecule has 170 valence electrons. The van der Waals surface area contributed by atoms with Crippen LogP contribution in [0.25, 0.3) is 11.7 Å². The second-order valence-electron chi connectivity index (χ2n) is 8.05. The van der Waals surface area contributed by atoms with Crippen molar-refractivity contribution in [3.63, 3.8) is 0 Å². The van der Waals surface area contributed by atoms with Gasteiger partial charge >= 0.3 is 0 Å². The van der Waals surface area contributed by atoms with Crippen LogP contribution >= 0.6 is 24.0 Å². The van der Waals surface area contributed by atoms with Crippen LogP contribution in [0.5, 0.6) is 0 Å². The van der Waals surface area contributed by atoms with Gasteiger partial charge in [0.2, 0.25) is 0 Å². The van der Waals surface area contributed by atoms with E-state index in [2.05, 4.69) is 11.8 Å². The van der Waals surface area contributed by atoms with E-state index in [1.165, 1.54) is 11.8 Å². The van der Waals surface area contributed by atoms with Gasteiger partial charge in [-0.1, -0.05) is 37.0 Å². The number of nitrogens with zero attached hydrogens (tertiary/aromatic N) is 4. The van der Waals surface area contributed by atoms with E-state index < -0.39 is 0 Å². The summed E-state index contributed by atoms with van der Waals surface area (Å²) in [5.74, 6) is 0.437.